The molecule has 3 heteroatoms. The number of rotatable bonds is 3. The van der Waals surface area contributed by atoms with Crippen LogP contribution in [0.5, 0.6) is 5.75 Å². The zero-order valence-corrected chi connectivity index (χ0v) is 9.43. The Morgan fingerprint density at radius 1 is 1.40 bits per heavy atom. The van der Waals surface area contributed by atoms with Gasteiger partial charge in [-0.25, -0.2) is 0 Å². The van der Waals surface area contributed by atoms with Gasteiger partial charge in [0.05, 0.1) is 18.6 Å². The summed E-state index contributed by atoms with van der Waals surface area (Å²) in [5, 5.41) is 0. The van der Waals surface area contributed by atoms with Crippen molar-refractivity contribution >= 4 is 17.4 Å². The normalized spacial score (nSPS) is 13.7. The maximum absolute atomic E-state index is 11.6. The number of halogens is 1. The smallest absolute Gasteiger partial charge is 0.181 e. The van der Waals surface area contributed by atoms with Crippen molar-refractivity contribution in [3.05, 3.63) is 28.8 Å². The molecule has 80 valence electrons. The predicted molar refractivity (Wildman–Crippen MR) is 60.1 cm³/mol. The van der Waals surface area contributed by atoms with E-state index in [-0.39, 0.29) is 11.7 Å². The number of benzene rings is 1. The van der Waals surface area contributed by atoms with Gasteiger partial charge in [-0.05, 0) is 42.5 Å². The first-order valence-electron chi connectivity index (χ1n) is 5.05. The molecule has 0 aliphatic heterocycles. The minimum Gasteiger partial charge on any atom is -0.496 e. The van der Waals surface area contributed by atoms with Crippen LogP contribution in [0.25, 0.3) is 0 Å². The first kappa shape index (κ1) is 10.5. The number of ketones is 1. The molecule has 0 heterocycles. The third-order valence-electron chi connectivity index (χ3n) is 2.84. The topological polar surface area (TPSA) is 26.3 Å². The molecule has 0 N–H and O–H groups in total. The fraction of sp³-hybridized carbons (Fsp3) is 0.417. The molecular weight excluding hydrogens is 212 g/mol. The second-order valence-electron chi connectivity index (χ2n) is 3.73. The van der Waals surface area contributed by atoms with Crippen molar-refractivity contribution in [1.29, 1.82) is 0 Å². The second kappa shape index (κ2) is 4.23. The monoisotopic (exact) mass is 224 g/mol. The van der Waals surface area contributed by atoms with Crippen LogP contribution < -0.4 is 4.74 Å². The third kappa shape index (κ3) is 1.86. The molecule has 0 amide bonds. The Hall–Kier alpha value is -1.02. The van der Waals surface area contributed by atoms with Crippen LogP contribution in [0.2, 0.25) is 0 Å². The second-order valence-corrected chi connectivity index (χ2v) is 4.00. The van der Waals surface area contributed by atoms with E-state index in [9.17, 15) is 4.79 Å². The molecule has 0 aromatic heterocycles. The van der Waals surface area contributed by atoms with Gasteiger partial charge in [-0.15, -0.1) is 11.6 Å². The predicted octanol–water partition coefficient (Wildman–Crippen LogP) is 2.61. The van der Waals surface area contributed by atoms with Gasteiger partial charge in [-0.2, -0.15) is 0 Å². The van der Waals surface area contributed by atoms with Crippen molar-refractivity contribution in [2.75, 3.05) is 13.0 Å². The average molecular weight is 225 g/mol. The van der Waals surface area contributed by atoms with Crippen LogP contribution in [0, 0.1) is 0 Å². The minimum absolute atomic E-state index is 0.00907. The summed E-state index contributed by atoms with van der Waals surface area (Å²) in [5.41, 5.74) is 3.19. The van der Waals surface area contributed by atoms with E-state index in [4.69, 9.17) is 16.3 Å². The summed E-state index contributed by atoms with van der Waals surface area (Å²) in [6.07, 6.45) is 3.31. The van der Waals surface area contributed by atoms with Gasteiger partial charge in [0.15, 0.2) is 5.78 Å². The number of methoxy groups -OCH3 is 1. The Labute approximate surface area is 94.2 Å². The lowest BCUT2D eigenvalue weighted by Crippen LogP contribution is -2.04. The highest BCUT2D eigenvalue weighted by Crippen LogP contribution is 2.30. The molecule has 0 saturated heterocycles. The van der Waals surface area contributed by atoms with Crippen LogP contribution >= 0.6 is 11.6 Å². The fourth-order valence-electron chi connectivity index (χ4n) is 2.06. The van der Waals surface area contributed by atoms with Crippen molar-refractivity contribution in [1.82, 2.24) is 0 Å². The molecule has 0 fully saturated rings. The molecule has 15 heavy (non-hydrogen) atoms. The summed E-state index contributed by atoms with van der Waals surface area (Å²) in [5.74, 6) is 0.597. The van der Waals surface area contributed by atoms with E-state index in [0.717, 1.165) is 19.3 Å². The van der Waals surface area contributed by atoms with Gasteiger partial charge in [0.1, 0.15) is 5.75 Å². The van der Waals surface area contributed by atoms with Gasteiger partial charge in [-0.3, -0.25) is 4.79 Å². The number of alkyl halides is 1. The molecular formula is C12H13ClO2. The largest absolute Gasteiger partial charge is 0.496 e. The van der Waals surface area contributed by atoms with Crippen LogP contribution in [-0.4, -0.2) is 18.8 Å². The summed E-state index contributed by atoms with van der Waals surface area (Å²) >= 11 is 5.56. The van der Waals surface area contributed by atoms with Crippen molar-refractivity contribution in [2.24, 2.45) is 0 Å². The number of hydrogen-bond acceptors (Lipinski definition) is 2. The minimum atomic E-state index is -0.0665. The molecule has 1 aromatic carbocycles. The van der Waals surface area contributed by atoms with E-state index >= 15 is 0 Å². The third-order valence-corrected chi connectivity index (χ3v) is 3.08. The molecule has 2 rings (SSSR count). The molecule has 1 aliphatic rings. The Morgan fingerprint density at radius 3 is 2.67 bits per heavy atom. The van der Waals surface area contributed by atoms with Crippen LogP contribution in [0.1, 0.15) is 27.9 Å². The van der Waals surface area contributed by atoms with Gasteiger partial charge in [-0.1, -0.05) is 0 Å². The van der Waals surface area contributed by atoms with Crippen molar-refractivity contribution in [2.45, 2.75) is 19.3 Å². The molecule has 2 nitrogen and oxygen atoms in total. The Bertz CT molecular complexity index is 399. The first-order chi connectivity index (χ1) is 7.26. The quantitative estimate of drug-likeness (QED) is 0.583. The summed E-state index contributed by atoms with van der Waals surface area (Å²) < 4.78 is 5.21. The maximum Gasteiger partial charge on any atom is 0.181 e. The summed E-state index contributed by atoms with van der Waals surface area (Å²) in [6.45, 7) is 0. The molecule has 0 unspecified atom stereocenters. The highest BCUT2D eigenvalue weighted by molar-refractivity contribution is 6.30. The highest BCUT2D eigenvalue weighted by Gasteiger charge is 2.18. The van der Waals surface area contributed by atoms with Crippen LogP contribution in [0.15, 0.2) is 12.1 Å². The Kier molecular flexibility index (Phi) is 2.96. The van der Waals surface area contributed by atoms with Crippen molar-refractivity contribution in [3.8, 4) is 5.75 Å². The van der Waals surface area contributed by atoms with Gasteiger partial charge < -0.3 is 4.74 Å². The summed E-state index contributed by atoms with van der Waals surface area (Å²) in [4.78, 5) is 11.6. The molecule has 0 saturated carbocycles. The lowest BCUT2D eigenvalue weighted by molar-refractivity contribution is 0.101. The number of carbonyl (C=O) groups excluding carboxylic acids is 1. The number of carbonyl (C=O) groups is 1. The van der Waals surface area contributed by atoms with Gasteiger partial charge in [0.2, 0.25) is 0 Å². The first-order valence-corrected chi connectivity index (χ1v) is 5.58. The number of aryl methyl sites for hydroxylation is 2. The van der Waals surface area contributed by atoms with Crippen molar-refractivity contribution < 1.29 is 9.53 Å². The number of fused-ring (bicyclic) bond motifs is 1. The lowest BCUT2D eigenvalue weighted by Gasteiger charge is -2.09. The molecule has 0 radical (unpaired) electrons. The average Bonchev–Trinajstić information content (AvgIpc) is 2.73. The van der Waals surface area contributed by atoms with E-state index in [0.29, 0.717) is 11.3 Å². The highest BCUT2D eigenvalue weighted by atomic mass is 35.5. The summed E-state index contributed by atoms with van der Waals surface area (Å²) in [7, 11) is 1.59. The maximum atomic E-state index is 11.6. The van der Waals surface area contributed by atoms with Crippen LogP contribution in [0.3, 0.4) is 0 Å². The molecule has 0 bridgehead atoms. The number of Topliss-reactive ketones (excluding diaryl/α,β-unsaturated/α-hetero) is 1. The van der Waals surface area contributed by atoms with Crippen molar-refractivity contribution in [3.63, 3.8) is 0 Å². The van der Waals surface area contributed by atoms with Gasteiger partial charge in [0.25, 0.3) is 0 Å². The van der Waals surface area contributed by atoms with E-state index in [1.165, 1.54) is 11.1 Å². The zero-order chi connectivity index (χ0) is 10.8. The zero-order valence-electron chi connectivity index (χ0n) is 8.68. The van der Waals surface area contributed by atoms with Gasteiger partial charge >= 0.3 is 0 Å². The Morgan fingerprint density at radius 2 is 2.07 bits per heavy atom. The van der Waals surface area contributed by atoms with Crippen LogP contribution in [0.4, 0.5) is 0 Å². The number of hydrogen-bond donors (Lipinski definition) is 0. The lowest BCUT2D eigenvalue weighted by atomic mass is 10.0. The van der Waals surface area contributed by atoms with Gasteiger partial charge in [0, 0.05) is 0 Å². The fourth-order valence-corrected chi connectivity index (χ4v) is 2.20. The molecule has 1 aromatic rings. The van der Waals surface area contributed by atoms with E-state index < -0.39 is 0 Å². The molecule has 0 spiro atoms. The van der Waals surface area contributed by atoms with E-state index in [1.54, 1.807) is 7.11 Å². The van der Waals surface area contributed by atoms with Crippen LogP contribution in [-0.2, 0) is 12.8 Å². The molecule has 0 atom stereocenters. The van der Waals surface area contributed by atoms with E-state index in [1.807, 2.05) is 12.1 Å². The Balaban J connectivity index is 2.48. The summed E-state index contributed by atoms with van der Waals surface area (Å²) in [6, 6.07) is 3.91. The SMILES string of the molecule is COc1cc2c(cc1C(=O)CCl)CCC2. The number of ether oxygens (including phenoxy) is 1. The standard InChI is InChI=1S/C12H13ClO2/c1-15-12-6-9-4-2-3-8(9)5-10(12)11(14)7-13/h5-6H,2-4,7H2,1H3. The van der Waals surface area contributed by atoms with E-state index in [2.05, 4.69) is 0 Å². The molecule has 1 aliphatic carbocycles.